The van der Waals surface area contributed by atoms with Crippen LogP contribution in [0.25, 0.3) is 0 Å². The molecule has 1 aromatic rings. The number of rotatable bonds is 4. The molecule has 2 heterocycles. The summed E-state index contributed by atoms with van der Waals surface area (Å²) in [5.74, 6) is 0.161. The summed E-state index contributed by atoms with van der Waals surface area (Å²) >= 11 is 0. The molecule has 0 saturated carbocycles. The molecule has 1 saturated heterocycles. The lowest BCUT2D eigenvalue weighted by Gasteiger charge is -2.26. The Kier molecular flexibility index (Phi) is 4.46. The number of hydrogen-bond acceptors (Lipinski definition) is 5. The zero-order valence-electron chi connectivity index (χ0n) is 10.5. The largest absolute Gasteiger partial charge is 0.467 e. The summed E-state index contributed by atoms with van der Waals surface area (Å²) < 4.78 is 10.1. The molecule has 0 radical (unpaired) electrons. The van der Waals surface area contributed by atoms with E-state index in [-0.39, 0.29) is 5.91 Å². The highest BCUT2D eigenvalue weighted by molar-refractivity contribution is 5.76. The average molecular weight is 251 g/mol. The Hall–Kier alpha value is -1.69. The lowest BCUT2D eigenvalue weighted by molar-refractivity contribution is -0.135. The van der Waals surface area contributed by atoms with Crippen molar-refractivity contribution in [2.24, 2.45) is 0 Å². The zero-order chi connectivity index (χ0) is 12.8. The fraction of sp³-hybridized carbons (Fsp3) is 0.583. The minimum Gasteiger partial charge on any atom is -0.467 e. The van der Waals surface area contributed by atoms with Gasteiger partial charge in [-0.3, -0.25) is 4.79 Å². The first-order valence-corrected chi connectivity index (χ1v) is 6.00. The molecule has 98 valence electrons. The zero-order valence-corrected chi connectivity index (χ0v) is 10.5. The van der Waals surface area contributed by atoms with Gasteiger partial charge in [0.05, 0.1) is 20.3 Å². The fourth-order valence-electron chi connectivity index (χ4n) is 1.80. The molecule has 1 aliphatic rings. The topological polar surface area (TPSA) is 64.5 Å². The molecular formula is C12H17N3O3. The number of amides is 1. The molecule has 2 rings (SSSR count). The van der Waals surface area contributed by atoms with Crippen molar-refractivity contribution >= 4 is 5.91 Å². The van der Waals surface area contributed by atoms with E-state index >= 15 is 0 Å². The molecule has 0 aliphatic carbocycles. The summed E-state index contributed by atoms with van der Waals surface area (Å²) in [5.41, 5.74) is 0.942. The van der Waals surface area contributed by atoms with Gasteiger partial charge in [0.2, 0.25) is 5.91 Å². The van der Waals surface area contributed by atoms with Crippen LogP contribution in [0.1, 0.15) is 12.0 Å². The van der Waals surface area contributed by atoms with Crippen molar-refractivity contribution < 1.29 is 14.3 Å². The summed E-state index contributed by atoms with van der Waals surface area (Å²) in [6, 6.07) is 0.346. The van der Waals surface area contributed by atoms with Crippen LogP contribution in [-0.4, -0.2) is 54.2 Å². The number of ether oxygens (including phenoxy) is 2. The molecule has 6 nitrogen and oxygen atoms in total. The molecule has 0 unspecified atom stereocenters. The quantitative estimate of drug-likeness (QED) is 0.769. The van der Waals surface area contributed by atoms with E-state index in [2.05, 4.69) is 9.97 Å². The summed E-state index contributed by atoms with van der Waals surface area (Å²) in [6.07, 6.45) is 4.52. The van der Waals surface area contributed by atoms with E-state index in [1.54, 1.807) is 12.4 Å². The average Bonchev–Trinajstić information content (AvgIpc) is 2.46. The fourth-order valence-corrected chi connectivity index (χ4v) is 1.80. The molecule has 0 bridgehead atoms. The van der Waals surface area contributed by atoms with E-state index in [4.69, 9.17) is 9.47 Å². The molecule has 0 spiro atoms. The summed E-state index contributed by atoms with van der Waals surface area (Å²) in [6.45, 7) is 2.66. The van der Waals surface area contributed by atoms with Gasteiger partial charge in [-0.25, -0.2) is 9.97 Å². The maximum atomic E-state index is 11.9. The molecule has 1 amide bonds. The lowest BCUT2D eigenvalue weighted by atomic mass is 10.2. The normalized spacial score (nSPS) is 15.5. The van der Waals surface area contributed by atoms with Gasteiger partial charge in [0, 0.05) is 31.9 Å². The van der Waals surface area contributed by atoms with E-state index in [1.165, 1.54) is 7.11 Å². The van der Waals surface area contributed by atoms with Gasteiger partial charge in [-0.2, -0.15) is 0 Å². The number of nitrogens with zero attached hydrogens (tertiary/aromatic N) is 3. The molecule has 0 N–H and O–H groups in total. The van der Waals surface area contributed by atoms with Crippen molar-refractivity contribution in [1.82, 2.24) is 14.9 Å². The first kappa shape index (κ1) is 12.8. The maximum Gasteiger partial charge on any atom is 0.316 e. The van der Waals surface area contributed by atoms with Crippen molar-refractivity contribution in [3.05, 3.63) is 18.0 Å². The Balaban J connectivity index is 1.80. The van der Waals surface area contributed by atoms with Gasteiger partial charge >= 0.3 is 6.01 Å². The number of hydrogen-bond donors (Lipinski definition) is 0. The van der Waals surface area contributed by atoms with Crippen molar-refractivity contribution in [2.75, 3.05) is 33.4 Å². The van der Waals surface area contributed by atoms with Crippen LogP contribution in [0.2, 0.25) is 0 Å². The minimum atomic E-state index is 0.161. The van der Waals surface area contributed by atoms with E-state index in [9.17, 15) is 4.79 Å². The number of aromatic nitrogens is 2. The second-order valence-corrected chi connectivity index (χ2v) is 4.07. The SMILES string of the molecule is COc1ncc(CCC(=O)N2CCOCC2)cn1. The number of carbonyl (C=O) groups is 1. The molecule has 6 heteroatoms. The number of carbonyl (C=O) groups excluding carboxylic acids is 1. The van der Waals surface area contributed by atoms with Gasteiger partial charge in [-0.05, 0) is 12.0 Å². The van der Waals surface area contributed by atoms with E-state index in [0.29, 0.717) is 45.2 Å². The monoisotopic (exact) mass is 251 g/mol. The molecule has 1 fully saturated rings. The highest BCUT2D eigenvalue weighted by atomic mass is 16.5. The first-order chi connectivity index (χ1) is 8.79. The van der Waals surface area contributed by atoms with Crippen molar-refractivity contribution in [1.29, 1.82) is 0 Å². The molecular weight excluding hydrogens is 234 g/mol. The van der Waals surface area contributed by atoms with Crippen LogP contribution >= 0.6 is 0 Å². The Morgan fingerprint density at radius 2 is 2.06 bits per heavy atom. The van der Waals surface area contributed by atoms with Crippen molar-refractivity contribution in [3.63, 3.8) is 0 Å². The van der Waals surface area contributed by atoms with E-state index < -0.39 is 0 Å². The van der Waals surface area contributed by atoms with Crippen molar-refractivity contribution in [2.45, 2.75) is 12.8 Å². The van der Waals surface area contributed by atoms with Crippen LogP contribution in [0.5, 0.6) is 6.01 Å². The first-order valence-electron chi connectivity index (χ1n) is 6.00. The van der Waals surface area contributed by atoms with Gasteiger partial charge in [-0.1, -0.05) is 0 Å². The van der Waals surface area contributed by atoms with Crippen LogP contribution < -0.4 is 4.74 Å². The Bertz CT molecular complexity index is 388. The Labute approximate surface area is 106 Å². The Morgan fingerprint density at radius 1 is 1.39 bits per heavy atom. The summed E-state index contributed by atoms with van der Waals surface area (Å²) in [4.78, 5) is 21.8. The standard InChI is InChI=1S/C12H17N3O3/c1-17-12-13-8-10(9-14-12)2-3-11(16)15-4-6-18-7-5-15/h8-9H,2-7H2,1H3. The molecule has 1 aromatic heterocycles. The third-order valence-corrected chi connectivity index (χ3v) is 2.86. The summed E-state index contributed by atoms with van der Waals surface area (Å²) in [5, 5.41) is 0. The second kappa shape index (κ2) is 6.30. The number of methoxy groups -OCH3 is 1. The van der Waals surface area contributed by atoms with E-state index in [1.807, 2.05) is 4.90 Å². The minimum absolute atomic E-state index is 0.161. The smallest absolute Gasteiger partial charge is 0.316 e. The summed E-state index contributed by atoms with van der Waals surface area (Å²) in [7, 11) is 1.52. The lowest BCUT2D eigenvalue weighted by Crippen LogP contribution is -2.40. The van der Waals surface area contributed by atoms with Gasteiger partial charge in [0.1, 0.15) is 0 Å². The van der Waals surface area contributed by atoms with Gasteiger partial charge in [0.15, 0.2) is 0 Å². The van der Waals surface area contributed by atoms with Crippen LogP contribution in [0.3, 0.4) is 0 Å². The number of aryl methyl sites for hydroxylation is 1. The van der Waals surface area contributed by atoms with Crippen LogP contribution in [0.4, 0.5) is 0 Å². The molecule has 0 aromatic carbocycles. The van der Waals surface area contributed by atoms with Gasteiger partial charge in [0.25, 0.3) is 0 Å². The van der Waals surface area contributed by atoms with Crippen LogP contribution in [0, 0.1) is 0 Å². The van der Waals surface area contributed by atoms with Crippen LogP contribution in [0.15, 0.2) is 12.4 Å². The second-order valence-electron chi connectivity index (χ2n) is 4.07. The molecule has 1 aliphatic heterocycles. The van der Waals surface area contributed by atoms with E-state index in [0.717, 1.165) is 5.56 Å². The third-order valence-electron chi connectivity index (χ3n) is 2.86. The predicted molar refractivity (Wildman–Crippen MR) is 64.3 cm³/mol. The van der Waals surface area contributed by atoms with Gasteiger partial charge < -0.3 is 14.4 Å². The van der Waals surface area contributed by atoms with Crippen LogP contribution in [-0.2, 0) is 16.0 Å². The maximum absolute atomic E-state index is 11.9. The number of morpholine rings is 1. The molecule has 0 atom stereocenters. The third kappa shape index (κ3) is 3.40. The van der Waals surface area contributed by atoms with Crippen molar-refractivity contribution in [3.8, 4) is 6.01 Å². The highest BCUT2D eigenvalue weighted by Gasteiger charge is 2.16. The molecule has 18 heavy (non-hydrogen) atoms. The highest BCUT2D eigenvalue weighted by Crippen LogP contribution is 2.07. The Morgan fingerprint density at radius 3 is 2.67 bits per heavy atom. The predicted octanol–water partition coefficient (Wildman–Crippen LogP) is 0.277. The van der Waals surface area contributed by atoms with Gasteiger partial charge in [-0.15, -0.1) is 0 Å².